The lowest BCUT2D eigenvalue weighted by molar-refractivity contribution is 0.448. The molecule has 3 aromatic rings. The summed E-state index contributed by atoms with van der Waals surface area (Å²) in [5, 5.41) is 4.74. The van der Waals surface area contributed by atoms with Gasteiger partial charge >= 0.3 is 0 Å². The first-order valence-corrected chi connectivity index (χ1v) is 11.3. The van der Waals surface area contributed by atoms with Crippen LogP contribution in [0, 0.1) is 0 Å². The molecular weight excluding hydrogens is 384 g/mol. The van der Waals surface area contributed by atoms with E-state index in [4.69, 9.17) is 5.10 Å². The second-order valence-corrected chi connectivity index (χ2v) is 8.92. The first-order chi connectivity index (χ1) is 14.0. The van der Waals surface area contributed by atoms with Crippen LogP contribution in [0.5, 0.6) is 0 Å². The van der Waals surface area contributed by atoms with Crippen LogP contribution in [0.25, 0.3) is 11.3 Å². The molecule has 154 valence electrons. The second-order valence-electron chi connectivity index (χ2n) is 7.05. The third-order valence-corrected chi connectivity index (χ3v) is 6.27. The zero-order valence-corrected chi connectivity index (χ0v) is 17.8. The molecule has 0 amide bonds. The minimum absolute atomic E-state index is 0.192. The standard InChI is InChI=1S/C22H28N4O2S/c1-3-4-15-25(2)29(27,28)23-16-21-18-26(17-19-11-7-5-8-12-19)24-22(21)20-13-9-6-10-14-20/h5-14,18,23H,3-4,15-17H2,1-2H3. The Bertz CT molecular complexity index is 1000. The highest BCUT2D eigenvalue weighted by molar-refractivity contribution is 7.87. The van der Waals surface area contributed by atoms with Gasteiger partial charge in [-0.25, -0.2) is 0 Å². The molecule has 0 saturated heterocycles. The van der Waals surface area contributed by atoms with E-state index in [0.717, 1.165) is 35.2 Å². The first-order valence-electron chi connectivity index (χ1n) is 9.86. The van der Waals surface area contributed by atoms with Crippen molar-refractivity contribution in [1.29, 1.82) is 0 Å². The SMILES string of the molecule is CCCCN(C)S(=O)(=O)NCc1cn(Cc2ccccc2)nc1-c1ccccc1. The fourth-order valence-electron chi connectivity index (χ4n) is 3.06. The Hall–Kier alpha value is -2.48. The van der Waals surface area contributed by atoms with E-state index in [-0.39, 0.29) is 6.54 Å². The minimum Gasteiger partial charge on any atom is -0.267 e. The van der Waals surface area contributed by atoms with Gasteiger partial charge in [-0.1, -0.05) is 74.0 Å². The predicted molar refractivity (Wildman–Crippen MR) is 117 cm³/mol. The zero-order chi connectivity index (χ0) is 20.7. The van der Waals surface area contributed by atoms with E-state index in [2.05, 4.69) is 16.9 Å². The Morgan fingerprint density at radius 3 is 2.34 bits per heavy atom. The molecule has 0 aliphatic heterocycles. The van der Waals surface area contributed by atoms with Gasteiger partial charge in [-0.15, -0.1) is 0 Å². The van der Waals surface area contributed by atoms with E-state index >= 15 is 0 Å². The summed E-state index contributed by atoms with van der Waals surface area (Å²) >= 11 is 0. The molecule has 3 rings (SSSR count). The van der Waals surface area contributed by atoms with Crippen LogP contribution < -0.4 is 4.72 Å². The van der Waals surface area contributed by atoms with Gasteiger partial charge in [-0.05, 0) is 12.0 Å². The van der Waals surface area contributed by atoms with Gasteiger partial charge in [0.2, 0.25) is 0 Å². The Labute approximate surface area is 173 Å². The van der Waals surface area contributed by atoms with Gasteiger partial charge in [0.1, 0.15) is 0 Å². The van der Waals surface area contributed by atoms with Crippen molar-refractivity contribution in [1.82, 2.24) is 18.8 Å². The summed E-state index contributed by atoms with van der Waals surface area (Å²) < 4.78 is 31.0. The lowest BCUT2D eigenvalue weighted by atomic mass is 10.1. The van der Waals surface area contributed by atoms with Crippen molar-refractivity contribution in [2.45, 2.75) is 32.9 Å². The maximum Gasteiger partial charge on any atom is 0.279 e. The van der Waals surface area contributed by atoms with Gasteiger partial charge in [0.15, 0.2) is 0 Å². The molecule has 0 aliphatic rings. The van der Waals surface area contributed by atoms with Gasteiger partial charge < -0.3 is 0 Å². The van der Waals surface area contributed by atoms with E-state index in [9.17, 15) is 8.42 Å². The number of nitrogens with zero attached hydrogens (tertiary/aromatic N) is 3. The van der Waals surface area contributed by atoms with E-state index in [0.29, 0.717) is 13.1 Å². The van der Waals surface area contributed by atoms with Gasteiger partial charge in [-0.3, -0.25) is 4.68 Å². The molecule has 1 N–H and O–H groups in total. The molecule has 0 radical (unpaired) electrons. The molecule has 1 heterocycles. The molecule has 0 aliphatic carbocycles. The molecule has 0 bridgehead atoms. The smallest absolute Gasteiger partial charge is 0.267 e. The molecular formula is C22H28N4O2S. The average molecular weight is 413 g/mol. The molecule has 0 unspecified atom stereocenters. The lowest BCUT2D eigenvalue weighted by Gasteiger charge is -2.17. The summed E-state index contributed by atoms with van der Waals surface area (Å²) in [5.41, 5.74) is 3.74. The largest absolute Gasteiger partial charge is 0.279 e. The molecule has 29 heavy (non-hydrogen) atoms. The van der Waals surface area contributed by atoms with Crippen molar-refractivity contribution in [2.24, 2.45) is 0 Å². The van der Waals surface area contributed by atoms with E-state index in [1.54, 1.807) is 7.05 Å². The number of aromatic nitrogens is 2. The summed E-state index contributed by atoms with van der Waals surface area (Å²) in [6, 6.07) is 19.9. The van der Waals surface area contributed by atoms with Gasteiger partial charge in [0.25, 0.3) is 10.2 Å². The van der Waals surface area contributed by atoms with E-state index in [1.165, 1.54) is 4.31 Å². The lowest BCUT2D eigenvalue weighted by Crippen LogP contribution is -2.38. The van der Waals surface area contributed by atoms with Crippen molar-refractivity contribution in [3.8, 4) is 11.3 Å². The normalized spacial score (nSPS) is 11.8. The van der Waals surface area contributed by atoms with Crippen LogP contribution in [-0.4, -0.2) is 36.1 Å². The van der Waals surface area contributed by atoms with Crippen LogP contribution in [0.1, 0.15) is 30.9 Å². The van der Waals surface area contributed by atoms with Crippen LogP contribution in [0.2, 0.25) is 0 Å². The van der Waals surface area contributed by atoms with Crippen molar-refractivity contribution in [3.63, 3.8) is 0 Å². The van der Waals surface area contributed by atoms with E-state index in [1.807, 2.05) is 66.3 Å². The number of rotatable bonds is 10. The van der Waals surface area contributed by atoms with Crippen LogP contribution in [0.15, 0.2) is 66.9 Å². The molecule has 2 aromatic carbocycles. The van der Waals surface area contributed by atoms with Gasteiger partial charge in [-0.2, -0.15) is 22.5 Å². The fraction of sp³-hybridized carbons (Fsp3) is 0.318. The number of hydrogen-bond donors (Lipinski definition) is 1. The highest BCUT2D eigenvalue weighted by Gasteiger charge is 2.19. The van der Waals surface area contributed by atoms with E-state index < -0.39 is 10.2 Å². The van der Waals surface area contributed by atoms with Crippen molar-refractivity contribution < 1.29 is 8.42 Å². The number of unbranched alkanes of at least 4 members (excludes halogenated alkanes) is 1. The fourth-order valence-corrected chi connectivity index (χ4v) is 3.99. The quantitative estimate of drug-likeness (QED) is 0.553. The summed E-state index contributed by atoms with van der Waals surface area (Å²) in [7, 11) is -1.93. The van der Waals surface area contributed by atoms with Crippen LogP contribution >= 0.6 is 0 Å². The summed E-state index contributed by atoms with van der Waals surface area (Å²) in [6.45, 7) is 3.37. The molecule has 7 heteroatoms. The van der Waals surface area contributed by atoms with Gasteiger partial charge in [0.05, 0.1) is 12.2 Å². The maximum absolute atomic E-state index is 12.5. The summed E-state index contributed by atoms with van der Waals surface area (Å²) in [6.07, 6.45) is 3.70. The molecule has 0 spiro atoms. The van der Waals surface area contributed by atoms with Crippen LogP contribution in [-0.2, 0) is 23.3 Å². The van der Waals surface area contributed by atoms with Crippen LogP contribution in [0.4, 0.5) is 0 Å². The molecule has 0 fully saturated rings. The Balaban J connectivity index is 1.82. The highest BCUT2D eigenvalue weighted by Crippen LogP contribution is 2.22. The highest BCUT2D eigenvalue weighted by atomic mass is 32.2. The molecule has 0 saturated carbocycles. The molecule has 0 atom stereocenters. The summed E-state index contributed by atoms with van der Waals surface area (Å²) in [5.74, 6) is 0. The Kier molecular flexibility index (Phi) is 7.19. The predicted octanol–water partition coefficient (Wildman–Crippen LogP) is 3.66. The maximum atomic E-state index is 12.5. The third kappa shape index (κ3) is 5.76. The van der Waals surface area contributed by atoms with Crippen molar-refractivity contribution >= 4 is 10.2 Å². The van der Waals surface area contributed by atoms with Crippen LogP contribution in [0.3, 0.4) is 0 Å². The number of nitrogens with one attached hydrogen (secondary N) is 1. The topological polar surface area (TPSA) is 67.2 Å². The number of benzene rings is 2. The molecule has 1 aromatic heterocycles. The Morgan fingerprint density at radius 2 is 1.69 bits per heavy atom. The third-order valence-electron chi connectivity index (χ3n) is 4.75. The Morgan fingerprint density at radius 1 is 1.03 bits per heavy atom. The molecule has 6 nitrogen and oxygen atoms in total. The van der Waals surface area contributed by atoms with Crippen molar-refractivity contribution in [3.05, 3.63) is 78.0 Å². The second kappa shape index (κ2) is 9.82. The van der Waals surface area contributed by atoms with Gasteiger partial charge in [0, 0.05) is 37.5 Å². The number of hydrogen-bond acceptors (Lipinski definition) is 3. The minimum atomic E-state index is -3.53. The monoisotopic (exact) mass is 412 g/mol. The van der Waals surface area contributed by atoms with Crippen molar-refractivity contribution in [2.75, 3.05) is 13.6 Å². The summed E-state index contributed by atoms with van der Waals surface area (Å²) in [4.78, 5) is 0. The zero-order valence-electron chi connectivity index (χ0n) is 17.0. The average Bonchev–Trinajstić information content (AvgIpc) is 3.14. The first kappa shape index (κ1) is 21.2.